The number of hydrogen-bond donors (Lipinski definition) is 2. The molecule has 3 atom stereocenters. The summed E-state index contributed by atoms with van der Waals surface area (Å²) in [6, 6.07) is 4.85. The zero-order valence-corrected chi connectivity index (χ0v) is 16.9. The fourth-order valence-electron chi connectivity index (χ4n) is 3.02. The molecule has 8 nitrogen and oxygen atoms in total. The quantitative estimate of drug-likeness (QED) is 0.572. The van der Waals surface area contributed by atoms with Crippen molar-refractivity contribution >= 4 is 33.5 Å². The Bertz CT molecular complexity index is 827. The van der Waals surface area contributed by atoms with Gasteiger partial charge in [-0.2, -0.15) is 0 Å². The van der Waals surface area contributed by atoms with Crippen molar-refractivity contribution in [3.05, 3.63) is 47.5 Å². The first kappa shape index (κ1) is 22.4. The fraction of sp³-hybridized carbons (Fsp3) is 0.444. The van der Waals surface area contributed by atoms with Crippen LogP contribution < -0.4 is 4.72 Å². The summed E-state index contributed by atoms with van der Waals surface area (Å²) in [6.45, 7) is 3.82. The number of rotatable bonds is 9. The Morgan fingerprint density at radius 2 is 2.07 bits per heavy atom. The molecule has 0 aromatic heterocycles. The second-order valence-corrected chi connectivity index (χ2v) is 8.82. The number of likely N-dealkylation sites (tertiary alicyclic amines) is 1. The van der Waals surface area contributed by atoms with Gasteiger partial charge in [0.05, 0.1) is 19.0 Å². The standard InChI is InChI=1S/C18H23ClN2O6S/c1-3-4-15(20-28(2,25)26)17(22)21-10-14(9-16(21)18(23)24)27-11-12-5-7-13(19)8-6-12/h3,5-8,14-16,20H,1,4,9-11H2,2H3,(H,23,24)/t14-,15-,16+/m1/s1. The molecule has 1 fully saturated rings. The van der Waals surface area contributed by atoms with Gasteiger partial charge >= 0.3 is 5.97 Å². The van der Waals surface area contributed by atoms with Gasteiger partial charge in [-0.25, -0.2) is 17.9 Å². The van der Waals surface area contributed by atoms with Crippen LogP contribution in [0.3, 0.4) is 0 Å². The number of hydrogen-bond acceptors (Lipinski definition) is 5. The Labute approximate surface area is 169 Å². The lowest BCUT2D eigenvalue weighted by Gasteiger charge is -2.26. The van der Waals surface area contributed by atoms with E-state index in [1.807, 2.05) is 0 Å². The third-order valence-corrected chi connectivity index (χ3v) is 5.25. The van der Waals surface area contributed by atoms with Gasteiger partial charge in [-0.3, -0.25) is 4.79 Å². The number of sulfonamides is 1. The minimum atomic E-state index is -3.66. The molecular formula is C18H23ClN2O6S. The summed E-state index contributed by atoms with van der Waals surface area (Å²) < 4.78 is 31.1. The number of halogens is 1. The van der Waals surface area contributed by atoms with Gasteiger partial charge in [-0.15, -0.1) is 6.58 Å². The number of amides is 1. The van der Waals surface area contributed by atoms with E-state index in [1.165, 1.54) is 6.08 Å². The van der Waals surface area contributed by atoms with E-state index >= 15 is 0 Å². The molecule has 1 saturated heterocycles. The highest BCUT2D eigenvalue weighted by atomic mass is 35.5. The van der Waals surface area contributed by atoms with E-state index in [0.717, 1.165) is 16.7 Å². The average molecular weight is 431 g/mol. The molecule has 1 amide bonds. The fourth-order valence-corrected chi connectivity index (χ4v) is 3.86. The number of aliphatic carboxylic acids is 1. The Hall–Kier alpha value is -1.94. The topological polar surface area (TPSA) is 113 Å². The predicted molar refractivity (Wildman–Crippen MR) is 104 cm³/mol. The maximum Gasteiger partial charge on any atom is 0.326 e. The number of ether oxygens (including phenoxy) is 1. The van der Waals surface area contributed by atoms with Gasteiger partial charge in [0.25, 0.3) is 0 Å². The number of carboxylic acids is 1. The Morgan fingerprint density at radius 1 is 1.43 bits per heavy atom. The van der Waals surface area contributed by atoms with Crippen molar-refractivity contribution in [1.82, 2.24) is 9.62 Å². The van der Waals surface area contributed by atoms with Crippen molar-refractivity contribution in [2.45, 2.75) is 37.6 Å². The molecule has 2 N–H and O–H groups in total. The molecule has 10 heteroatoms. The highest BCUT2D eigenvalue weighted by Crippen LogP contribution is 2.24. The lowest BCUT2D eigenvalue weighted by atomic mass is 10.1. The smallest absolute Gasteiger partial charge is 0.326 e. The van der Waals surface area contributed by atoms with Crippen LogP contribution in [0.2, 0.25) is 5.02 Å². The van der Waals surface area contributed by atoms with E-state index in [2.05, 4.69) is 11.3 Å². The number of nitrogens with zero attached hydrogens (tertiary/aromatic N) is 1. The van der Waals surface area contributed by atoms with Gasteiger partial charge in [-0.05, 0) is 24.1 Å². The molecule has 0 bridgehead atoms. The van der Waals surface area contributed by atoms with Crippen LogP contribution in [0.4, 0.5) is 0 Å². The molecule has 1 aliphatic heterocycles. The molecule has 0 saturated carbocycles. The van der Waals surface area contributed by atoms with Crippen LogP contribution in [-0.4, -0.2) is 61.3 Å². The van der Waals surface area contributed by atoms with Crippen molar-refractivity contribution in [2.75, 3.05) is 12.8 Å². The lowest BCUT2D eigenvalue weighted by molar-refractivity contribution is -0.148. The van der Waals surface area contributed by atoms with Crippen LogP contribution >= 0.6 is 11.6 Å². The van der Waals surface area contributed by atoms with Gasteiger partial charge < -0.3 is 14.7 Å². The number of carbonyl (C=O) groups is 2. The minimum Gasteiger partial charge on any atom is -0.480 e. The van der Waals surface area contributed by atoms with E-state index in [4.69, 9.17) is 16.3 Å². The zero-order valence-electron chi connectivity index (χ0n) is 15.4. The molecule has 2 rings (SSSR count). The maximum absolute atomic E-state index is 12.8. The van der Waals surface area contributed by atoms with E-state index in [9.17, 15) is 23.1 Å². The van der Waals surface area contributed by atoms with Crippen LogP contribution in [0.15, 0.2) is 36.9 Å². The van der Waals surface area contributed by atoms with Crippen molar-refractivity contribution in [3.8, 4) is 0 Å². The first-order valence-electron chi connectivity index (χ1n) is 8.58. The summed E-state index contributed by atoms with van der Waals surface area (Å²) in [5.41, 5.74) is 0.865. The highest BCUT2D eigenvalue weighted by Gasteiger charge is 2.42. The molecule has 1 aliphatic rings. The van der Waals surface area contributed by atoms with Gasteiger partial charge in [0.15, 0.2) is 0 Å². The van der Waals surface area contributed by atoms with E-state index in [1.54, 1.807) is 24.3 Å². The minimum absolute atomic E-state index is 0.0467. The van der Waals surface area contributed by atoms with Crippen molar-refractivity contribution in [2.24, 2.45) is 0 Å². The number of carbonyl (C=O) groups excluding carboxylic acids is 1. The summed E-state index contributed by atoms with van der Waals surface area (Å²) in [7, 11) is -3.66. The van der Waals surface area contributed by atoms with E-state index in [0.29, 0.717) is 5.02 Å². The average Bonchev–Trinajstić information content (AvgIpc) is 3.04. The Balaban J connectivity index is 2.08. The summed E-state index contributed by atoms with van der Waals surface area (Å²) in [5.74, 6) is -1.78. The Morgan fingerprint density at radius 3 is 2.61 bits per heavy atom. The summed E-state index contributed by atoms with van der Waals surface area (Å²) >= 11 is 5.84. The van der Waals surface area contributed by atoms with Crippen LogP contribution in [-0.2, 0) is 31.0 Å². The summed E-state index contributed by atoms with van der Waals surface area (Å²) in [5, 5.41) is 10.1. The molecule has 0 spiro atoms. The predicted octanol–water partition coefficient (Wildman–Crippen LogP) is 1.40. The largest absolute Gasteiger partial charge is 0.480 e. The van der Waals surface area contributed by atoms with Crippen LogP contribution in [0.1, 0.15) is 18.4 Å². The number of benzene rings is 1. The summed E-state index contributed by atoms with van der Waals surface area (Å²) in [4.78, 5) is 25.6. The number of nitrogens with one attached hydrogen (secondary N) is 1. The Kier molecular flexibility index (Phi) is 7.59. The van der Waals surface area contributed by atoms with E-state index in [-0.39, 0.29) is 26.0 Å². The third kappa shape index (κ3) is 6.30. The second-order valence-electron chi connectivity index (χ2n) is 6.61. The van der Waals surface area contributed by atoms with Gasteiger partial charge in [0, 0.05) is 18.0 Å². The second kappa shape index (κ2) is 9.51. The molecule has 0 unspecified atom stereocenters. The molecule has 1 heterocycles. The summed E-state index contributed by atoms with van der Waals surface area (Å²) in [6.07, 6.45) is 2.02. The zero-order chi connectivity index (χ0) is 20.9. The third-order valence-electron chi connectivity index (χ3n) is 4.29. The van der Waals surface area contributed by atoms with Crippen molar-refractivity contribution < 1.29 is 27.9 Å². The van der Waals surface area contributed by atoms with E-state index < -0.39 is 40.1 Å². The first-order valence-corrected chi connectivity index (χ1v) is 10.8. The maximum atomic E-state index is 12.8. The van der Waals surface area contributed by atoms with Crippen molar-refractivity contribution in [3.63, 3.8) is 0 Å². The SMILES string of the molecule is C=CC[C@@H](NS(C)(=O)=O)C(=O)N1C[C@H](OCc2ccc(Cl)cc2)C[C@H]1C(=O)O. The molecule has 28 heavy (non-hydrogen) atoms. The van der Waals surface area contributed by atoms with Gasteiger partial charge in [-0.1, -0.05) is 29.8 Å². The molecule has 154 valence electrons. The molecule has 0 radical (unpaired) electrons. The van der Waals surface area contributed by atoms with Gasteiger partial charge in [0.2, 0.25) is 15.9 Å². The molecule has 1 aromatic carbocycles. The molecular weight excluding hydrogens is 408 g/mol. The monoisotopic (exact) mass is 430 g/mol. The molecule has 0 aliphatic carbocycles. The normalized spacial score (nSPS) is 20.7. The van der Waals surface area contributed by atoms with Crippen molar-refractivity contribution in [1.29, 1.82) is 0 Å². The first-order chi connectivity index (χ1) is 13.1. The number of carboxylic acid groups (broad SMARTS) is 1. The van der Waals surface area contributed by atoms with Crippen LogP contribution in [0.5, 0.6) is 0 Å². The lowest BCUT2D eigenvalue weighted by Crippen LogP contribution is -2.51. The highest BCUT2D eigenvalue weighted by molar-refractivity contribution is 7.88. The van der Waals surface area contributed by atoms with Gasteiger partial charge in [0.1, 0.15) is 12.1 Å². The van der Waals surface area contributed by atoms with Crippen LogP contribution in [0, 0.1) is 0 Å². The van der Waals surface area contributed by atoms with Crippen LogP contribution in [0.25, 0.3) is 0 Å². The molecule has 1 aromatic rings.